The van der Waals surface area contributed by atoms with Crippen LogP contribution in [0.2, 0.25) is 0 Å². The second-order valence-electron chi connectivity index (χ2n) is 4.32. The molecule has 2 rings (SSSR count). The highest BCUT2D eigenvalue weighted by Gasteiger charge is 2.15. The topological polar surface area (TPSA) is 49.3 Å². The summed E-state index contributed by atoms with van der Waals surface area (Å²) in [4.78, 5) is 13.1. The lowest BCUT2D eigenvalue weighted by atomic mass is 10.1. The minimum absolute atomic E-state index is 0.0435. The summed E-state index contributed by atoms with van der Waals surface area (Å²) >= 11 is 1.62. The maximum Gasteiger partial charge on any atom is 0.255 e. The minimum Gasteiger partial charge on any atom is -0.507 e. The number of nitrogens with one attached hydrogen (secondary N) is 1. The van der Waals surface area contributed by atoms with E-state index in [1.165, 1.54) is 6.07 Å². The Labute approximate surface area is 114 Å². The number of phenols is 1. The van der Waals surface area contributed by atoms with E-state index in [2.05, 4.69) is 5.32 Å². The Bertz CT molecular complexity index is 569. The smallest absolute Gasteiger partial charge is 0.255 e. The number of benzene rings is 1. The van der Waals surface area contributed by atoms with Crippen LogP contribution in [0, 0.1) is 5.82 Å². The van der Waals surface area contributed by atoms with Gasteiger partial charge in [-0.05, 0) is 36.6 Å². The van der Waals surface area contributed by atoms with Crippen LogP contribution in [0.3, 0.4) is 0 Å². The van der Waals surface area contributed by atoms with E-state index in [9.17, 15) is 14.3 Å². The van der Waals surface area contributed by atoms with Crippen molar-refractivity contribution in [3.63, 3.8) is 0 Å². The fraction of sp³-hybridized carbons (Fsp3) is 0.214. The molecule has 0 aliphatic carbocycles. The zero-order valence-electron chi connectivity index (χ0n) is 10.4. The number of carbonyl (C=O) groups is 1. The molecule has 0 aliphatic rings. The van der Waals surface area contributed by atoms with Crippen molar-refractivity contribution in [3.8, 4) is 5.75 Å². The Morgan fingerprint density at radius 1 is 1.47 bits per heavy atom. The number of hydrogen-bond donors (Lipinski definition) is 2. The molecule has 0 fully saturated rings. The molecule has 0 saturated heterocycles. The Morgan fingerprint density at radius 2 is 2.26 bits per heavy atom. The van der Waals surface area contributed by atoms with Gasteiger partial charge in [-0.25, -0.2) is 4.39 Å². The monoisotopic (exact) mass is 279 g/mol. The summed E-state index contributed by atoms with van der Waals surface area (Å²) in [7, 11) is 0. The molecule has 5 heteroatoms. The van der Waals surface area contributed by atoms with E-state index in [-0.39, 0.29) is 17.4 Å². The van der Waals surface area contributed by atoms with Crippen molar-refractivity contribution in [2.75, 3.05) is 0 Å². The largest absolute Gasteiger partial charge is 0.507 e. The first-order valence-electron chi connectivity index (χ1n) is 5.88. The third-order valence-corrected chi connectivity index (χ3v) is 3.57. The van der Waals surface area contributed by atoms with Crippen molar-refractivity contribution in [2.24, 2.45) is 0 Å². The molecule has 2 aromatic rings. The van der Waals surface area contributed by atoms with Crippen molar-refractivity contribution in [2.45, 2.75) is 19.4 Å². The molecule has 0 aliphatic heterocycles. The molecule has 1 atom stereocenters. The van der Waals surface area contributed by atoms with Gasteiger partial charge >= 0.3 is 0 Å². The number of rotatable bonds is 4. The molecule has 0 spiro atoms. The zero-order chi connectivity index (χ0) is 13.8. The van der Waals surface area contributed by atoms with Crippen LogP contribution in [-0.4, -0.2) is 17.1 Å². The van der Waals surface area contributed by atoms with Crippen LogP contribution in [0.5, 0.6) is 5.75 Å². The lowest BCUT2D eigenvalue weighted by molar-refractivity contribution is 0.0937. The quantitative estimate of drug-likeness (QED) is 0.904. The maximum atomic E-state index is 13.1. The summed E-state index contributed by atoms with van der Waals surface area (Å²) < 4.78 is 13.1. The summed E-state index contributed by atoms with van der Waals surface area (Å²) in [6.07, 6.45) is 0.708. The second-order valence-corrected chi connectivity index (χ2v) is 5.35. The number of phenolic OH excluding ortho intramolecular Hbond substituents is 1. The van der Waals surface area contributed by atoms with E-state index in [4.69, 9.17) is 0 Å². The highest BCUT2D eigenvalue weighted by Crippen LogP contribution is 2.18. The van der Waals surface area contributed by atoms with E-state index >= 15 is 0 Å². The van der Waals surface area contributed by atoms with Crippen molar-refractivity contribution in [1.82, 2.24) is 5.32 Å². The van der Waals surface area contributed by atoms with Gasteiger partial charge in [0.1, 0.15) is 11.6 Å². The fourth-order valence-electron chi connectivity index (χ4n) is 1.77. The Morgan fingerprint density at radius 3 is 2.95 bits per heavy atom. The van der Waals surface area contributed by atoms with Gasteiger partial charge in [0.15, 0.2) is 0 Å². The molecule has 1 amide bonds. The van der Waals surface area contributed by atoms with E-state index in [1.54, 1.807) is 11.3 Å². The summed E-state index contributed by atoms with van der Waals surface area (Å²) in [6.45, 7) is 1.87. The van der Waals surface area contributed by atoms with E-state index < -0.39 is 11.7 Å². The number of carbonyl (C=O) groups excluding carboxylic acids is 1. The van der Waals surface area contributed by atoms with Gasteiger partial charge in [-0.1, -0.05) is 6.07 Å². The fourth-order valence-corrected chi connectivity index (χ4v) is 2.61. The lowest BCUT2D eigenvalue weighted by Gasteiger charge is -2.13. The third-order valence-electron chi connectivity index (χ3n) is 2.67. The van der Waals surface area contributed by atoms with Gasteiger partial charge in [-0.3, -0.25) is 4.79 Å². The normalized spacial score (nSPS) is 12.1. The molecule has 0 saturated carbocycles. The number of aromatic hydroxyl groups is 1. The van der Waals surface area contributed by atoms with Crippen molar-refractivity contribution in [1.29, 1.82) is 0 Å². The summed E-state index contributed by atoms with van der Waals surface area (Å²) in [5, 5.41) is 14.3. The minimum atomic E-state index is -0.547. The van der Waals surface area contributed by atoms with Gasteiger partial charge in [-0.15, -0.1) is 11.3 Å². The van der Waals surface area contributed by atoms with Crippen LogP contribution >= 0.6 is 11.3 Å². The SMILES string of the molecule is CC(Cc1cccs1)NC(=O)c1cc(F)ccc1O. The molecule has 1 unspecified atom stereocenters. The zero-order valence-corrected chi connectivity index (χ0v) is 11.2. The Kier molecular flexibility index (Phi) is 4.16. The molecule has 0 bridgehead atoms. The molecule has 1 aromatic carbocycles. The van der Waals surface area contributed by atoms with Gasteiger partial charge in [0.05, 0.1) is 5.56 Å². The predicted octanol–water partition coefficient (Wildman–Crippen LogP) is 2.95. The first kappa shape index (κ1) is 13.5. The number of amides is 1. The van der Waals surface area contributed by atoms with Gasteiger partial charge in [-0.2, -0.15) is 0 Å². The highest BCUT2D eigenvalue weighted by molar-refractivity contribution is 7.09. The number of halogens is 1. The third kappa shape index (κ3) is 3.54. The molecule has 2 N–H and O–H groups in total. The molecule has 1 aromatic heterocycles. The van der Waals surface area contributed by atoms with E-state index in [0.29, 0.717) is 6.42 Å². The Balaban J connectivity index is 2.02. The van der Waals surface area contributed by atoms with Crippen molar-refractivity contribution in [3.05, 3.63) is 52.0 Å². The average Bonchev–Trinajstić information content (AvgIpc) is 2.84. The van der Waals surface area contributed by atoms with Crippen LogP contribution in [0.1, 0.15) is 22.2 Å². The van der Waals surface area contributed by atoms with Crippen LogP contribution in [-0.2, 0) is 6.42 Å². The second kappa shape index (κ2) is 5.84. The van der Waals surface area contributed by atoms with Gasteiger partial charge < -0.3 is 10.4 Å². The van der Waals surface area contributed by atoms with Gasteiger partial charge in [0, 0.05) is 17.3 Å². The molecule has 3 nitrogen and oxygen atoms in total. The summed E-state index contributed by atoms with van der Waals surface area (Å²) in [6, 6.07) is 7.17. The van der Waals surface area contributed by atoms with E-state index in [1.807, 2.05) is 24.4 Å². The predicted molar refractivity (Wildman–Crippen MR) is 73.0 cm³/mol. The molecular weight excluding hydrogens is 265 g/mol. The lowest BCUT2D eigenvalue weighted by Crippen LogP contribution is -2.34. The Hall–Kier alpha value is -1.88. The standard InChI is InChI=1S/C14H14FNO2S/c1-9(7-11-3-2-6-19-11)16-14(18)12-8-10(15)4-5-13(12)17/h2-6,8-9,17H,7H2,1H3,(H,16,18). The highest BCUT2D eigenvalue weighted by atomic mass is 32.1. The van der Waals surface area contributed by atoms with E-state index in [0.717, 1.165) is 17.0 Å². The first-order valence-corrected chi connectivity index (χ1v) is 6.76. The molecule has 19 heavy (non-hydrogen) atoms. The number of hydrogen-bond acceptors (Lipinski definition) is 3. The van der Waals surface area contributed by atoms with Crippen LogP contribution < -0.4 is 5.32 Å². The summed E-state index contributed by atoms with van der Waals surface area (Å²) in [5.41, 5.74) is -0.0435. The molecule has 1 heterocycles. The van der Waals surface area contributed by atoms with Crippen LogP contribution in [0.15, 0.2) is 35.7 Å². The molecule has 100 valence electrons. The number of thiophene rings is 1. The van der Waals surface area contributed by atoms with Crippen LogP contribution in [0.4, 0.5) is 4.39 Å². The first-order chi connectivity index (χ1) is 9.06. The van der Waals surface area contributed by atoms with Gasteiger partial charge in [0.25, 0.3) is 5.91 Å². The molecule has 0 radical (unpaired) electrons. The maximum absolute atomic E-state index is 13.1. The van der Waals surface area contributed by atoms with Gasteiger partial charge in [0.2, 0.25) is 0 Å². The molecular formula is C14H14FNO2S. The summed E-state index contributed by atoms with van der Waals surface area (Å²) in [5.74, 6) is -1.24. The van der Waals surface area contributed by atoms with Crippen LogP contribution in [0.25, 0.3) is 0 Å². The van der Waals surface area contributed by atoms with Crippen molar-refractivity contribution >= 4 is 17.2 Å². The average molecular weight is 279 g/mol. The van der Waals surface area contributed by atoms with Crippen molar-refractivity contribution < 1.29 is 14.3 Å².